The molecule has 1 unspecified atom stereocenters. The van der Waals surface area contributed by atoms with Gasteiger partial charge >= 0.3 is 0 Å². The Morgan fingerprint density at radius 2 is 1.74 bits per heavy atom. The van der Waals surface area contributed by atoms with Gasteiger partial charge in [-0.25, -0.2) is 0 Å². The molecule has 146 valence electrons. The molecule has 0 heterocycles. The second kappa shape index (κ2) is 11.1. The molecule has 2 aromatic rings. The van der Waals surface area contributed by atoms with Crippen molar-refractivity contribution in [3.05, 3.63) is 60.7 Å². The molecule has 0 saturated heterocycles. The molecule has 0 fully saturated rings. The Balaban J connectivity index is 1.89. The number of hydrogen-bond donors (Lipinski definition) is 2. The van der Waals surface area contributed by atoms with E-state index in [2.05, 4.69) is 11.9 Å². The SMILES string of the molecule is C=CCc1ccccc1OCC(O)CNc1ccc(OCC)c(OCC)c1. The van der Waals surface area contributed by atoms with Gasteiger partial charge in [-0.15, -0.1) is 6.58 Å². The summed E-state index contributed by atoms with van der Waals surface area (Å²) in [5, 5.41) is 13.4. The summed E-state index contributed by atoms with van der Waals surface area (Å²) in [5.41, 5.74) is 1.91. The second-order valence-corrected chi connectivity index (χ2v) is 5.97. The van der Waals surface area contributed by atoms with Crippen LogP contribution in [0.3, 0.4) is 0 Å². The molecular weight excluding hydrogens is 342 g/mol. The van der Waals surface area contributed by atoms with Gasteiger partial charge in [-0.05, 0) is 44.0 Å². The summed E-state index contributed by atoms with van der Waals surface area (Å²) < 4.78 is 16.9. The highest BCUT2D eigenvalue weighted by atomic mass is 16.5. The largest absolute Gasteiger partial charge is 0.491 e. The molecule has 1 atom stereocenters. The van der Waals surface area contributed by atoms with Crippen LogP contribution in [0.15, 0.2) is 55.1 Å². The Morgan fingerprint density at radius 1 is 1.00 bits per heavy atom. The van der Waals surface area contributed by atoms with Gasteiger partial charge in [-0.2, -0.15) is 0 Å². The molecule has 2 aromatic carbocycles. The number of rotatable bonds is 12. The van der Waals surface area contributed by atoms with Gasteiger partial charge in [-0.1, -0.05) is 24.3 Å². The van der Waals surface area contributed by atoms with Crippen molar-refractivity contribution >= 4 is 5.69 Å². The summed E-state index contributed by atoms with van der Waals surface area (Å²) in [6.45, 7) is 9.34. The minimum atomic E-state index is -0.649. The first-order valence-electron chi connectivity index (χ1n) is 9.31. The predicted octanol–water partition coefficient (Wildman–Crippen LogP) is 4.06. The van der Waals surface area contributed by atoms with Crippen molar-refractivity contribution in [2.24, 2.45) is 0 Å². The molecule has 2 N–H and O–H groups in total. The normalized spacial score (nSPS) is 11.5. The molecule has 2 rings (SSSR count). The molecule has 0 aliphatic heterocycles. The molecule has 0 amide bonds. The smallest absolute Gasteiger partial charge is 0.163 e. The summed E-state index contributed by atoms with van der Waals surface area (Å²) in [6.07, 6.45) is 1.92. The van der Waals surface area contributed by atoms with E-state index in [4.69, 9.17) is 14.2 Å². The quantitative estimate of drug-likeness (QED) is 0.551. The molecule has 0 aliphatic carbocycles. The molecule has 0 radical (unpaired) electrons. The molecule has 5 nitrogen and oxygen atoms in total. The fraction of sp³-hybridized carbons (Fsp3) is 0.364. The Hall–Kier alpha value is -2.66. The van der Waals surface area contributed by atoms with Crippen LogP contribution in [0, 0.1) is 0 Å². The van der Waals surface area contributed by atoms with E-state index in [1.165, 1.54) is 0 Å². The monoisotopic (exact) mass is 371 g/mol. The standard InChI is InChI=1S/C22H29NO4/c1-4-9-17-10-7-8-11-20(17)27-16-19(24)15-23-18-12-13-21(25-5-2)22(14-18)26-6-3/h4,7-8,10-14,19,23-24H,1,5-6,9,15-16H2,2-3H3. The number of allylic oxidation sites excluding steroid dienone is 1. The zero-order chi connectivity index (χ0) is 19.5. The van der Waals surface area contributed by atoms with E-state index in [9.17, 15) is 5.11 Å². The number of para-hydroxylation sites is 1. The molecule has 0 aliphatic rings. The zero-order valence-electron chi connectivity index (χ0n) is 16.1. The van der Waals surface area contributed by atoms with Crippen LogP contribution in [0.5, 0.6) is 17.2 Å². The Labute approximate surface area is 161 Å². The summed E-state index contributed by atoms with van der Waals surface area (Å²) in [5.74, 6) is 2.18. The van der Waals surface area contributed by atoms with Gasteiger partial charge in [0.1, 0.15) is 18.5 Å². The third kappa shape index (κ3) is 6.53. The van der Waals surface area contributed by atoms with Gasteiger partial charge in [0.25, 0.3) is 0 Å². The summed E-state index contributed by atoms with van der Waals surface area (Å²) in [4.78, 5) is 0. The highest BCUT2D eigenvalue weighted by Crippen LogP contribution is 2.30. The minimum absolute atomic E-state index is 0.205. The highest BCUT2D eigenvalue weighted by Gasteiger charge is 2.10. The van der Waals surface area contributed by atoms with Crippen LogP contribution in [0.25, 0.3) is 0 Å². The average Bonchev–Trinajstić information content (AvgIpc) is 2.68. The maximum absolute atomic E-state index is 10.2. The van der Waals surface area contributed by atoms with Crippen molar-refractivity contribution in [1.82, 2.24) is 0 Å². The maximum atomic E-state index is 10.2. The van der Waals surface area contributed by atoms with Crippen molar-refractivity contribution in [3.8, 4) is 17.2 Å². The van der Waals surface area contributed by atoms with Crippen LogP contribution in [0.4, 0.5) is 5.69 Å². The topological polar surface area (TPSA) is 60.0 Å². The third-order valence-corrected chi connectivity index (χ3v) is 3.85. The molecule has 5 heteroatoms. The van der Waals surface area contributed by atoms with E-state index < -0.39 is 6.10 Å². The first kappa shape index (κ1) is 20.6. The van der Waals surface area contributed by atoms with Crippen molar-refractivity contribution in [1.29, 1.82) is 0 Å². The van der Waals surface area contributed by atoms with Crippen LogP contribution in [-0.4, -0.2) is 37.6 Å². The van der Waals surface area contributed by atoms with E-state index >= 15 is 0 Å². The summed E-state index contributed by atoms with van der Waals surface area (Å²) in [6, 6.07) is 13.4. The molecular formula is C22H29NO4. The summed E-state index contributed by atoms with van der Waals surface area (Å²) in [7, 11) is 0. The maximum Gasteiger partial charge on any atom is 0.163 e. The van der Waals surface area contributed by atoms with Crippen LogP contribution < -0.4 is 19.5 Å². The Morgan fingerprint density at radius 3 is 2.48 bits per heavy atom. The Bertz CT molecular complexity index is 717. The highest BCUT2D eigenvalue weighted by molar-refractivity contribution is 5.54. The minimum Gasteiger partial charge on any atom is -0.491 e. The van der Waals surface area contributed by atoms with Crippen molar-refractivity contribution in [3.63, 3.8) is 0 Å². The predicted molar refractivity (Wildman–Crippen MR) is 109 cm³/mol. The van der Waals surface area contributed by atoms with E-state index in [0.29, 0.717) is 31.3 Å². The fourth-order valence-electron chi connectivity index (χ4n) is 2.61. The van der Waals surface area contributed by atoms with Crippen molar-refractivity contribution in [2.75, 3.05) is 31.7 Å². The molecule has 0 bridgehead atoms. The van der Waals surface area contributed by atoms with Crippen LogP contribution in [0.1, 0.15) is 19.4 Å². The van der Waals surface area contributed by atoms with Crippen molar-refractivity contribution in [2.45, 2.75) is 26.4 Å². The molecule has 0 aromatic heterocycles. The number of hydrogen-bond acceptors (Lipinski definition) is 5. The lowest BCUT2D eigenvalue weighted by Crippen LogP contribution is -2.26. The van der Waals surface area contributed by atoms with E-state index in [-0.39, 0.29) is 6.61 Å². The van der Waals surface area contributed by atoms with Crippen LogP contribution in [0.2, 0.25) is 0 Å². The van der Waals surface area contributed by atoms with Gasteiger partial charge in [-0.3, -0.25) is 0 Å². The van der Waals surface area contributed by atoms with Gasteiger partial charge in [0.05, 0.1) is 13.2 Å². The number of ether oxygens (including phenoxy) is 3. The fourth-order valence-corrected chi connectivity index (χ4v) is 2.61. The average molecular weight is 371 g/mol. The third-order valence-electron chi connectivity index (χ3n) is 3.85. The number of nitrogens with one attached hydrogen (secondary N) is 1. The van der Waals surface area contributed by atoms with E-state index in [0.717, 1.165) is 23.4 Å². The lowest BCUT2D eigenvalue weighted by molar-refractivity contribution is 0.117. The molecule has 0 spiro atoms. The lowest BCUT2D eigenvalue weighted by Gasteiger charge is -2.17. The van der Waals surface area contributed by atoms with Crippen LogP contribution in [-0.2, 0) is 6.42 Å². The molecule has 0 saturated carbocycles. The second-order valence-electron chi connectivity index (χ2n) is 5.97. The van der Waals surface area contributed by atoms with Gasteiger partial charge in [0, 0.05) is 18.3 Å². The van der Waals surface area contributed by atoms with Gasteiger partial charge < -0.3 is 24.6 Å². The van der Waals surface area contributed by atoms with Gasteiger partial charge in [0.15, 0.2) is 11.5 Å². The number of aliphatic hydroxyl groups is 1. The number of benzene rings is 2. The van der Waals surface area contributed by atoms with Gasteiger partial charge in [0.2, 0.25) is 0 Å². The lowest BCUT2D eigenvalue weighted by atomic mass is 10.1. The number of anilines is 1. The first-order chi connectivity index (χ1) is 13.2. The Kier molecular flexibility index (Phi) is 8.52. The van der Waals surface area contributed by atoms with E-state index in [1.807, 2.05) is 62.4 Å². The van der Waals surface area contributed by atoms with E-state index in [1.54, 1.807) is 0 Å². The zero-order valence-corrected chi connectivity index (χ0v) is 16.1. The number of aliphatic hydroxyl groups excluding tert-OH is 1. The van der Waals surface area contributed by atoms with Crippen LogP contribution >= 0.6 is 0 Å². The summed E-state index contributed by atoms with van der Waals surface area (Å²) >= 11 is 0. The molecule has 27 heavy (non-hydrogen) atoms. The first-order valence-corrected chi connectivity index (χ1v) is 9.31. The van der Waals surface area contributed by atoms with Crippen molar-refractivity contribution < 1.29 is 19.3 Å².